The van der Waals surface area contributed by atoms with Crippen molar-refractivity contribution < 1.29 is 8.78 Å². The van der Waals surface area contributed by atoms with Crippen molar-refractivity contribution in [1.82, 2.24) is 5.32 Å². The number of nitrogens with one attached hydrogen (secondary N) is 1. The molecule has 0 aliphatic carbocycles. The monoisotopic (exact) mass is 387 g/mol. The molecule has 0 fully saturated rings. The number of hydrogen-bond acceptors (Lipinski definition) is 1. The highest BCUT2D eigenvalue weighted by Gasteiger charge is 2.14. The zero-order valence-electron chi connectivity index (χ0n) is 11.2. The van der Waals surface area contributed by atoms with Gasteiger partial charge in [-0.3, -0.25) is 0 Å². The third-order valence-electron chi connectivity index (χ3n) is 3.15. The minimum absolute atomic E-state index is 0.0201. The van der Waals surface area contributed by atoms with Crippen LogP contribution in [0.25, 0.3) is 0 Å². The van der Waals surface area contributed by atoms with Gasteiger partial charge in [0, 0.05) is 9.61 Å². The van der Waals surface area contributed by atoms with Gasteiger partial charge in [-0.2, -0.15) is 0 Å². The van der Waals surface area contributed by atoms with Crippen molar-refractivity contribution in [3.05, 3.63) is 68.8 Å². The Hall–Kier alpha value is -1.01. The lowest BCUT2D eigenvalue weighted by molar-refractivity contribution is 0.522. The van der Waals surface area contributed by atoms with E-state index in [2.05, 4.69) is 27.9 Å². The lowest BCUT2D eigenvalue weighted by atomic mass is 9.98. The summed E-state index contributed by atoms with van der Waals surface area (Å²) in [6.45, 7) is 2.77. The van der Waals surface area contributed by atoms with Crippen LogP contribution in [-0.2, 0) is 6.42 Å². The number of halogens is 3. The van der Waals surface area contributed by atoms with Gasteiger partial charge in [-0.25, -0.2) is 8.78 Å². The molecule has 1 nitrogen and oxygen atoms in total. The number of benzene rings is 2. The molecule has 0 aromatic heterocycles. The summed E-state index contributed by atoms with van der Waals surface area (Å²) in [5, 5.41) is 3.32. The van der Waals surface area contributed by atoms with Crippen molar-refractivity contribution in [1.29, 1.82) is 0 Å². The second kappa shape index (κ2) is 7.13. The van der Waals surface area contributed by atoms with Gasteiger partial charge >= 0.3 is 0 Å². The third kappa shape index (κ3) is 3.99. The van der Waals surface area contributed by atoms with E-state index in [1.54, 1.807) is 0 Å². The molecule has 4 heteroatoms. The summed E-state index contributed by atoms with van der Waals surface area (Å²) in [4.78, 5) is 0. The zero-order valence-corrected chi connectivity index (χ0v) is 13.3. The van der Waals surface area contributed by atoms with E-state index in [1.807, 2.05) is 31.2 Å². The van der Waals surface area contributed by atoms with E-state index in [-0.39, 0.29) is 11.9 Å². The zero-order chi connectivity index (χ0) is 14.5. The van der Waals surface area contributed by atoms with Gasteiger partial charge < -0.3 is 5.32 Å². The van der Waals surface area contributed by atoms with Crippen LogP contribution in [-0.4, -0.2) is 6.54 Å². The van der Waals surface area contributed by atoms with Crippen LogP contribution in [0.15, 0.2) is 42.5 Å². The molecule has 0 aliphatic rings. The van der Waals surface area contributed by atoms with Crippen LogP contribution >= 0.6 is 22.6 Å². The summed E-state index contributed by atoms with van der Waals surface area (Å²) in [6, 6.07) is 11.6. The third-order valence-corrected chi connectivity index (χ3v) is 3.87. The van der Waals surface area contributed by atoms with Gasteiger partial charge in [-0.05, 0) is 77.0 Å². The Labute approximate surface area is 131 Å². The molecule has 0 saturated carbocycles. The van der Waals surface area contributed by atoms with Crippen molar-refractivity contribution in [2.45, 2.75) is 19.4 Å². The number of rotatable bonds is 5. The molecule has 0 heterocycles. The SMILES string of the molecule is CCNC(Cc1cc(F)ccc1F)c1ccc(I)cc1. The summed E-state index contributed by atoms with van der Waals surface area (Å²) in [7, 11) is 0. The molecule has 0 amide bonds. The predicted molar refractivity (Wildman–Crippen MR) is 85.6 cm³/mol. The number of likely N-dealkylation sites (N-methyl/N-ethyl adjacent to an activating group) is 1. The standard InChI is InChI=1S/C16H16F2IN/c1-2-20-16(11-3-6-14(19)7-4-11)10-12-9-13(17)5-8-15(12)18/h3-9,16,20H,2,10H2,1H3. The smallest absolute Gasteiger partial charge is 0.126 e. The van der Waals surface area contributed by atoms with Crippen molar-refractivity contribution in [2.75, 3.05) is 6.54 Å². The van der Waals surface area contributed by atoms with Gasteiger partial charge in [-0.1, -0.05) is 19.1 Å². The number of hydrogen-bond donors (Lipinski definition) is 1. The molecule has 1 unspecified atom stereocenters. The summed E-state index contributed by atoms with van der Waals surface area (Å²) in [6.07, 6.45) is 0.429. The Morgan fingerprint density at radius 2 is 1.80 bits per heavy atom. The second-order valence-corrected chi connectivity index (χ2v) is 5.85. The minimum atomic E-state index is -0.403. The van der Waals surface area contributed by atoms with Crippen LogP contribution in [0.4, 0.5) is 8.78 Å². The maximum absolute atomic E-state index is 13.8. The fourth-order valence-corrected chi connectivity index (χ4v) is 2.53. The predicted octanol–water partition coefficient (Wildman–Crippen LogP) is 4.46. The van der Waals surface area contributed by atoms with E-state index >= 15 is 0 Å². The van der Waals surface area contributed by atoms with Crippen molar-refractivity contribution in [3.8, 4) is 0 Å². The average molecular weight is 387 g/mol. The van der Waals surface area contributed by atoms with Crippen LogP contribution < -0.4 is 5.32 Å². The molecule has 0 aliphatic heterocycles. The Morgan fingerprint density at radius 1 is 1.10 bits per heavy atom. The van der Waals surface area contributed by atoms with E-state index in [9.17, 15) is 8.78 Å². The quantitative estimate of drug-likeness (QED) is 0.747. The molecule has 2 rings (SSSR count). The topological polar surface area (TPSA) is 12.0 Å². The highest BCUT2D eigenvalue weighted by Crippen LogP contribution is 2.22. The highest BCUT2D eigenvalue weighted by molar-refractivity contribution is 14.1. The summed E-state index contributed by atoms with van der Waals surface area (Å²) < 4.78 is 28.2. The molecule has 2 aromatic carbocycles. The van der Waals surface area contributed by atoms with Gasteiger partial charge in [0.1, 0.15) is 11.6 Å². The van der Waals surface area contributed by atoms with Crippen LogP contribution in [0.2, 0.25) is 0 Å². The fourth-order valence-electron chi connectivity index (χ4n) is 2.17. The molecular formula is C16H16F2IN. The highest BCUT2D eigenvalue weighted by atomic mass is 127. The van der Waals surface area contributed by atoms with Gasteiger partial charge in [-0.15, -0.1) is 0 Å². The average Bonchev–Trinajstić information content (AvgIpc) is 2.43. The maximum Gasteiger partial charge on any atom is 0.126 e. The van der Waals surface area contributed by atoms with Gasteiger partial charge in [0.2, 0.25) is 0 Å². The first-order valence-corrected chi connectivity index (χ1v) is 7.60. The van der Waals surface area contributed by atoms with Crippen LogP contribution in [0.1, 0.15) is 24.1 Å². The van der Waals surface area contributed by atoms with E-state index in [1.165, 1.54) is 12.1 Å². The van der Waals surface area contributed by atoms with Crippen molar-refractivity contribution in [2.24, 2.45) is 0 Å². The molecule has 0 saturated heterocycles. The molecule has 0 radical (unpaired) electrons. The Bertz CT molecular complexity index is 569. The lowest BCUT2D eigenvalue weighted by Gasteiger charge is -2.19. The van der Waals surface area contributed by atoms with E-state index in [4.69, 9.17) is 0 Å². The van der Waals surface area contributed by atoms with E-state index in [0.717, 1.165) is 21.7 Å². The van der Waals surface area contributed by atoms with Crippen molar-refractivity contribution >= 4 is 22.6 Å². The molecule has 1 N–H and O–H groups in total. The van der Waals surface area contributed by atoms with E-state index in [0.29, 0.717) is 12.0 Å². The summed E-state index contributed by atoms with van der Waals surface area (Å²) in [5.41, 5.74) is 1.48. The molecule has 106 valence electrons. The molecule has 20 heavy (non-hydrogen) atoms. The molecule has 2 aromatic rings. The van der Waals surface area contributed by atoms with Crippen LogP contribution in [0.5, 0.6) is 0 Å². The summed E-state index contributed by atoms with van der Waals surface area (Å²) >= 11 is 2.24. The first-order chi connectivity index (χ1) is 9.60. The molecular weight excluding hydrogens is 371 g/mol. The molecule has 0 spiro atoms. The van der Waals surface area contributed by atoms with Gasteiger partial charge in [0.15, 0.2) is 0 Å². The minimum Gasteiger partial charge on any atom is -0.310 e. The normalized spacial score (nSPS) is 12.4. The fraction of sp³-hybridized carbons (Fsp3) is 0.250. The maximum atomic E-state index is 13.8. The van der Waals surface area contributed by atoms with E-state index < -0.39 is 5.82 Å². The first kappa shape index (κ1) is 15.4. The Balaban J connectivity index is 2.25. The molecule has 0 bridgehead atoms. The first-order valence-electron chi connectivity index (χ1n) is 6.53. The lowest BCUT2D eigenvalue weighted by Crippen LogP contribution is -2.23. The Kier molecular flexibility index (Phi) is 5.48. The van der Waals surface area contributed by atoms with Crippen LogP contribution in [0.3, 0.4) is 0 Å². The molecule has 1 atom stereocenters. The summed E-state index contributed by atoms with van der Waals surface area (Å²) in [5.74, 6) is -0.765. The largest absolute Gasteiger partial charge is 0.310 e. The van der Waals surface area contributed by atoms with Crippen molar-refractivity contribution in [3.63, 3.8) is 0 Å². The van der Waals surface area contributed by atoms with Crippen LogP contribution in [0, 0.1) is 15.2 Å². The van der Waals surface area contributed by atoms with Gasteiger partial charge in [0.25, 0.3) is 0 Å². The Morgan fingerprint density at radius 3 is 2.45 bits per heavy atom. The van der Waals surface area contributed by atoms with Gasteiger partial charge in [0.05, 0.1) is 0 Å². The second-order valence-electron chi connectivity index (χ2n) is 4.60.